The number of carbonyl (C=O) groups is 1. The molecule has 4 rings (SSSR count). The van der Waals surface area contributed by atoms with Crippen molar-refractivity contribution in [3.63, 3.8) is 0 Å². The van der Waals surface area contributed by atoms with Gasteiger partial charge in [-0.2, -0.15) is 0 Å². The van der Waals surface area contributed by atoms with Crippen LogP contribution in [-0.4, -0.2) is 28.5 Å². The molecule has 0 aliphatic carbocycles. The number of amides is 1. The van der Waals surface area contributed by atoms with Crippen LogP contribution in [0.4, 0.5) is 5.69 Å². The van der Waals surface area contributed by atoms with Gasteiger partial charge in [0.05, 0.1) is 0 Å². The van der Waals surface area contributed by atoms with Crippen molar-refractivity contribution in [3.8, 4) is 0 Å². The number of piperidine rings is 1. The van der Waals surface area contributed by atoms with Crippen molar-refractivity contribution in [3.05, 3.63) is 65.9 Å². The van der Waals surface area contributed by atoms with Crippen LogP contribution >= 0.6 is 0 Å². The second kappa shape index (κ2) is 8.42. The highest BCUT2D eigenvalue weighted by atomic mass is 16.1. The highest BCUT2D eigenvalue weighted by Crippen LogP contribution is 2.31. The quantitative estimate of drug-likeness (QED) is 0.655. The van der Waals surface area contributed by atoms with Crippen LogP contribution < -0.4 is 5.32 Å². The smallest absolute Gasteiger partial charge is 0.226 e. The number of hydrogen-bond donors (Lipinski definition) is 1. The Labute approximate surface area is 173 Å². The normalized spacial score (nSPS) is 15.9. The lowest BCUT2D eigenvalue weighted by Gasteiger charge is -2.32. The summed E-state index contributed by atoms with van der Waals surface area (Å²) in [4.78, 5) is 14.6. The molecule has 4 heteroatoms. The fraction of sp³-hybridized carbons (Fsp3) is 0.400. The Hall–Kier alpha value is -2.59. The van der Waals surface area contributed by atoms with Crippen molar-refractivity contribution in [2.75, 3.05) is 18.4 Å². The fourth-order valence-electron chi connectivity index (χ4n) is 4.37. The molecule has 1 amide bonds. The van der Waals surface area contributed by atoms with Crippen LogP contribution in [0, 0.1) is 5.92 Å². The predicted octanol–water partition coefficient (Wildman–Crippen LogP) is 5.15. The van der Waals surface area contributed by atoms with Gasteiger partial charge >= 0.3 is 0 Å². The molecule has 1 aromatic heterocycles. The van der Waals surface area contributed by atoms with E-state index in [1.165, 1.54) is 22.0 Å². The van der Waals surface area contributed by atoms with Crippen molar-refractivity contribution >= 4 is 22.5 Å². The molecule has 4 nitrogen and oxygen atoms in total. The van der Waals surface area contributed by atoms with E-state index in [2.05, 4.69) is 70.5 Å². The Kier molecular flexibility index (Phi) is 5.72. The number of aromatic nitrogens is 1. The molecule has 2 heterocycles. The number of nitrogens with zero attached hydrogens (tertiary/aromatic N) is 2. The van der Waals surface area contributed by atoms with E-state index in [9.17, 15) is 4.79 Å². The Morgan fingerprint density at radius 1 is 1.10 bits per heavy atom. The minimum absolute atomic E-state index is 0.00374. The minimum Gasteiger partial charge on any atom is -0.350 e. The van der Waals surface area contributed by atoms with Crippen molar-refractivity contribution < 1.29 is 4.79 Å². The minimum atomic E-state index is -0.00374. The van der Waals surface area contributed by atoms with E-state index in [4.69, 9.17) is 0 Å². The Balaban J connectivity index is 1.39. The number of anilines is 1. The molecule has 1 aliphatic heterocycles. The first-order chi connectivity index (χ1) is 14.0. The third-order valence-electron chi connectivity index (χ3n) is 6.11. The number of benzene rings is 2. The summed E-state index contributed by atoms with van der Waals surface area (Å²) in [5.74, 6) is 0.637. The van der Waals surface area contributed by atoms with E-state index in [1.54, 1.807) is 0 Å². The lowest BCUT2D eigenvalue weighted by molar-refractivity contribution is -0.118. The van der Waals surface area contributed by atoms with Crippen molar-refractivity contribution in [2.24, 2.45) is 13.0 Å². The van der Waals surface area contributed by atoms with E-state index >= 15 is 0 Å². The van der Waals surface area contributed by atoms with E-state index in [0.717, 1.165) is 38.2 Å². The van der Waals surface area contributed by atoms with Crippen LogP contribution in [0.5, 0.6) is 0 Å². The second-order valence-electron chi connectivity index (χ2n) is 8.60. The van der Waals surface area contributed by atoms with Gasteiger partial charge < -0.3 is 9.88 Å². The molecule has 1 aliphatic rings. The summed E-state index contributed by atoms with van der Waals surface area (Å²) in [5.41, 5.74) is 4.98. The van der Waals surface area contributed by atoms with Gasteiger partial charge in [0.1, 0.15) is 0 Å². The van der Waals surface area contributed by atoms with E-state index in [1.807, 2.05) is 19.9 Å². The summed E-state index contributed by atoms with van der Waals surface area (Å²) in [5, 5.41) is 4.40. The zero-order chi connectivity index (χ0) is 20.4. The van der Waals surface area contributed by atoms with Gasteiger partial charge in [-0.25, -0.2) is 0 Å². The highest BCUT2D eigenvalue weighted by Gasteiger charge is 2.22. The molecule has 29 heavy (non-hydrogen) atoms. The maximum absolute atomic E-state index is 12.0. The maximum atomic E-state index is 12.0. The zero-order valence-electron chi connectivity index (χ0n) is 17.7. The van der Waals surface area contributed by atoms with Gasteiger partial charge in [-0.1, -0.05) is 44.2 Å². The molecule has 1 saturated heterocycles. The molecule has 0 atom stereocenters. The summed E-state index contributed by atoms with van der Waals surface area (Å²) in [6.07, 6.45) is 4.59. The monoisotopic (exact) mass is 389 g/mol. The SMILES string of the molecule is CC(C)C(=O)Nc1cccc(C2CCN(Cc3cn(C)c4ccccc34)CC2)c1. The van der Waals surface area contributed by atoms with Gasteiger partial charge in [0, 0.05) is 42.3 Å². The van der Waals surface area contributed by atoms with Crippen LogP contribution in [0.2, 0.25) is 0 Å². The van der Waals surface area contributed by atoms with Crippen molar-refractivity contribution in [1.29, 1.82) is 0 Å². The standard InChI is InChI=1S/C25H31N3O/c1-18(2)25(29)26-22-8-6-7-20(15-22)19-11-13-28(14-12-19)17-21-16-27(3)24-10-5-4-9-23(21)24/h4-10,15-16,18-19H,11-14,17H2,1-3H3,(H,26,29). The Morgan fingerprint density at radius 3 is 2.62 bits per heavy atom. The molecule has 152 valence electrons. The van der Waals surface area contributed by atoms with Crippen LogP contribution in [-0.2, 0) is 18.4 Å². The number of aryl methyl sites for hydroxylation is 1. The van der Waals surface area contributed by atoms with Gasteiger partial charge in [0.25, 0.3) is 0 Å². The third-order valence-corrected chi connectivity index (χ3v) is 6.11. The average molecular weight is 390 g/mol. The molecule has 2 aromatic carbocycles. The first-order valence-corrected chi connectivity index (χ1v) is 10.7. The van der Waals surface area contributed by atoms with Gasteiger partial charge in [-0.15, -0.1) is 0 Å². The predicted molar refractivity (Wildman–Crippen MR) is 120 cm³/mol. The molecule has 1 fully saturated rings. The second-order valence-corrected chi connectivity index (χ2v) is 8.60. The first-order valence-electron chi connectivity index (χ1n) is 10.7. The summed E-state index contributed by atoms with van der Waals surface area (Å²) in [6.45, 7) is 7.07. The number of likely N-dealkylation sites (tertiary alicyclic amines) is 1. The number of para-hydroxylation sites is 1. The zero-order valence-corrected chi connectivity index (χ0v) is 17.7. The summed E-state index contributed by atoms with van der Waals surface area (Å²) < 4.78 is 2.23. The van der Waals surface area contributed by atoms with Crippen LogP contribution in [0.15, 0.2) is 54.7 Å². The number of rotatable bonds is 5. The highest BCUT2D eigenvalue weighted by molar-refractivity contribution is 5.92. The van der Waals surface area contributed by atoms with Crippen molar-refractivity contribution in [2.45, 2.75) is 39.2 Å². The molecule has 0 spiro atoms. The fourth-order valence-corrected chi connectivity index (χ4v) is 4.37. The van der Waals surface area contributed by atoms with E-state index < -0.39 is 0 Å². The number of carbonyl (C=O) groups excluding carboxylic acids is 1. The maximum Gasteiger partial charge on any atom is 0.226 e. The van der Waals surface area contributed by atoms with Crippen LogP contribution in [0.1, 0.15) is 43.7 Å². The van der Waals surface area contributed by atoms with Crippen LogP contribution in [0.3, 0.4) is 0 Å². The third kappa shape index (κ3) is 4.38. The summed E-state index contributed by atoms with van der Waals surface area (Å²) in [6, 6.07) is 17.1. The number of fused-ring (bicyclic) bond motifs is 1. The van der Waals surface area contributed by atoms with Gasteiger partial charge in [-0.05, 0) is 61.2 Å². The summed E-state index contributed by atoms with van der Waals surface area (Å²) >= 11 is 0. The molecule has 0 bridgehead atoms. The number of nitrogens with one attached hydrogen (secondary N) is 1. The molecular formula is C25H31N3O. The molecule has 0 saturated carbocycles. The Morgan fingerprint density at radius 2 is 1.86 bits per heavy atom. The molecule has 0 unspecified atom stereocenters. The van der Waals surface area contributed by atoms with E-state index in [0.29, 0.717) is 5.92 Å². The van der Waals surface area contributed by atoms with Crippen molar-refractivity contribution in [1.82, 2.24) is 9.47 Å². The summed E-state index contributed by atoms with van der Waals surface area (Å²) in [7, 11) is 2.13. The number of hydrogen-bond acceptors (Lipinski definition) is 2. The lowest BCUT2D eigenvalue weighted by Crippen LogP contribution is -2.32. The average Bonchev–Trinajstić information content (AvgIpc) is 3.04. The molecular weight excluding hydrogens is 358 g/mol. The van der Waals surface area contributed by atoms with E-state index in [-0.39, 0.29) is 11.8 Å². The molecule has 0 radical (unpaired) electrons. The lowest BCUT2D eigenvalue weighted by atomic mass is 9.89. The molecule has 3 aromatic rings. The first kappa shape index (κ1) is 19.7. The van der Waals surface area contributed by atoms with Gasteiger partial charge in [-0.3, -0.25) is 9.69 Å². The van der Waals surface area contributed by atoms with Gasteiger partial charge in [0.2, 0.25) is 5.91 Å². The Bertz CT molecular complexity index is 996. The van der Waals surface area contributed by atoms with Gasteiger partial charge in [0.15, 0.2) is 0 Å². The van der Waals surface area contributed by atoms with Crippen LogP contribution in [0.25, 0.3) is 10.9 Å². The topological polar surface area (TPSA) is 37.3 Å². The molecule has 1 N–H and O–H groups in total. The largest absolute Gasteiger partial charge is 0.350 e.